The molecule has 10 atom stereocenters. The molecule has 0 bridgehead atoms. The van der Waals surface area contributed by atoms with Crippen LogP contribution in [0.4, 0.5) is 0 Å². The lowest BCUT2D eigenvalue weighted by molar-refractivity contribution is -0.320. The predicted molar refractivity (Wildman–Crippen MR) is 280 cm³/mol. The second kappa shape index (κ2) is 28.0. The molecule has 380 valence electrons. The van der Waals surface area contributed by atoms with Crippen LogP contribution in [-0.2, 0) is 93.6 Å². The van der Waals surface area contributed by atoms with Crippen LogP contribution in [0.25, 0.3) is 0 Å². The minimum Gasteiger partial charge on any atom is -0.374 e. The van der Waals surface area contributed by atoms with E-state index in [1.165, 1.54) is 0 Å². The zero-order valence-corrected chi connectivity index (χ0v) is 41.6. The van der Waals surface area contributed by atoms with E-state index in [4.69, 9.17) is 47.4 Å². The maximum atomic E-state index is 7.32. The van der Waals surface area contributed by atoms with Crippen LogP contribution >= 0.6 is 0 Å². The summed E-state index contributed by atoms with van der Waals surface area (Å²) in [6, 6.07) is 71.3. The summed E-state index contributed by atoms with van der Waals surface area (Å²) in [7, 11) is 1.65. The first-order valence-corrected chi connectivity index (χ1v) is 25.6. The highest BCUT2D eigenvalue weighted by atomic mass is 16.7. The van der Waals surface area contributed by atoms with E-state index in [-0.39, 0.29) is 6.61 Å². The highest BCUT2D eigenvalue weighted by Crippen LogP contribution is 2.37. The lowest BCUT2D eigenvalue weighted by atomic mass is 9.88. The summed E-state index contributed by atoms with van der Waals surface area (Å²) in [5.41, 5.74) is 7.26. The van der Waals surface area contributed by atoms with Crippen molar-refractivity contribution in [3.63, 3.8) is 0 Å². The Kier molecular flexibility index (Phi) is 19.9. The molecule has 2 saturated heterocycles. The SMILES string of the molecule is CO[C@@H]1O[C@H](CC[C@@H]2O[C@H](COCc3ccccc3)[C@H](OCc3ccccc3)[C@H](OCc3ccccc3)[C@H]2OCc2ccccc2)[C@H](OCc2ccccc2)[C@H](OCc2ccccc2)[C@H]1OCc1ccccc1. The summed E-state index contributed by atoms with van der Waals surface area (Å²) in [4.78, 5) is 0. The van der Waals surface area contributed by atoms with Gasteiger partial charge in [-0.15, -0.1) is 0 Å². The molecule has 7 aromatic carbocycles. The Morgan fingerprint density at radius 2 is 0.548 bits per heavy atom. The smallest absolute Gasteiger partial charge is 0.186 e. The Hall–Kier alpha value is -5.86. The Labute approximate surface area is 431 Å². The molecule has 0 aliphatic carbocycles. The monoisotopic (exact) mass is 984 g/mol. The molecule has 0 spiro atoms. The van der Waals surface area contributed by atoms with E-state index in [0.29, 0.717) is 59.1 Å². The molecule has 0 aromatic heterocycles. The zero-order valence-electron chi connectivity index (χ0n) is 41.6. The summed E-state index contributed by atoms with van der Waals surface area (Å²) >= 11 is 0. The van der Waals surface area contributed by atoms with Crippen molar-refractivity contribution in [1.82, 2.24) is 0 Å². The van der Waals surface area contributed by atoms with Crippen molar-refractivity contribution in [2.24, 2.45) is 0 Å². The molecule has 0 amide bonds. The highest BCUT2D eigenvalue weighted by Gasteiger charge is 2.51. The lowest BCUT2D eigenvalue weighted by Crippen LogP contribution is -2.62. The van der Waals surface area contributed by atoms with E-state index in [1.807, 2.05) is 140 Å². The maximum Gasteiger partial charge on any atom is 0.186 e. The van der Waals surface area contributed by atoms with Crippen LogP contribution in [0.2, 0.25) is 0 Å². The molecule has 73 heavy (non-hydrogen) atoms. The van der Waals surface area contributed by atoms with Gasteiger partial charge in [0, 0.05) is 7.11 Å². The Balaban J connectivity index is 1.05. The average molecular weight is 985 g/mol. The topological polar surface area (TPSA) is 92.3 Å². The van der Waals surface area contributed by atoms with Crippen LogP contribution in [0.15, 0.2) is 212 Å². The van der Waals surface area contributed by atoms with Crippen LogP contribution in [0.1, 0.15) is 51.8 Å². The molecule has 10 heteroatoms. The number of ether oxygens (including phenoxy) is 10. The first kappa shape index (κ1) is 52.0. The van der Waals surface area contributed by atoms with Crippen molar-refractivity contribution in [3.8, 4) is 0 Å². The number of hydrogen-bond donors (Lipinski definition) is 0. The summed E-state index contributed by atoms with van der Waals surface area (Å²) in [6.07, 6.45) is -4.87. The van der Waals surface area contributed by atoms with Crippen molar-refractivity contribution in [3.05, 3.63) is 251 Å². The first-order chi connectivity index (χ1) is 36.2. The largest absolute Gasteiger partial charge is 0.374 e. The van der Waals surface area contributed by atoms with E-state index in [0.717, 1.165) is 38.9 Å². The number of benzene rings is 7. The molecule has 7 aromatic rings. The molecule has 9 rings (SSSR count). The van der Waals surface area contributed by atoms with Gasteiger partial charge in [-0.25, -0.2) is 0 Å². The van der Waals surface area contributed by atoms with E-state index in [9.17, 15) is 0 Å². The van der Waals surface area contributed by atoms with Crippen LogP contribution in [0, 0.1) is 0 Å². The molecule has 0 unspecified atom stereocenters. The fourth-order valence-corrected chi connectivity index (χ4v) is 9.61. The standard InChI is InChI=1S/C63H68O10/c1-64-63-62(71-45-53-35-21-8-22-36-53)61(70-44-52-33-19-7-20-34-52)58(67-41-49-27-13-4-14-28-49)55(73-63)38-37-54-57(66-40-48-25-11-3-12-26-48)60(69-43-51-31-17-6-18-32-51)59(68-42-50-29-15-5-16-30-50)56(72-54)46-65-39-47-23-9-2-10-24-47/h2-36,54-63H,37-46H2,1H3/t54-,55+,56+,57-,58-,59-,60+,61-,62+,63+/m0/s1. The minimum absolute atomic E-state index is 0.256. The van der Waals surface area contributed by atoms with Crippen LogP contribution in [0.3, 0.4) is 0 Å². The fraction of sp³-hybridized carbons (Fsp3) is 0.333. The normalized spacial score (nSPS) is 24.0. The molecule has 0 N–H and O–H groups in total. The summed E-state index contributed by atoms with van der Waals surface area (Å²) in [5, 5.41) is 0. The number of methoxy groups -OCH3 is 1. The summed E-state index contributed by atoms with van der Waals surface area (Å²) in [5.74, 6) is 0. The summed E-state index contributed by atoms with van der Waals surface area (Å²) < 4.78 is 69.0. The third-order valence-electron chi connectivity index (χ3n) is 13.4. The molecule has 2 fully saturated rings. The molecular formula is C63H68O10. The predicted octanol–water partition coefficient (Wildman–Crippen LogP) is 11.6. The van der Waals surface area contributed by atoms with E-state index in [2.05, 4.69) is 72.8 Å². The third-order valence-corrected chi connectivity index (χ3v) is 13.4. The van der Waals surface area contributed by atoms with Crippen molar-refractivity contribution < 1.29 is 47.4 Å². The highest BCUT2D eigenvalue weighted by molar-refractivity contribution is 5.19. The van der Waals surface area contributed by atoms with Crippen molar-refractivity contribution in [2.75, 3.05) is 13.7 Å². The van der Waals surface area contributed by atoms with Crippen molar-refractivity contribution >= 4 is 0 Å². The lowest BCUT2D eigenvalue weighted by Gasteiger charge is -2.48. The molecule has 2 aliphatic rings. The van der Waals surface area contributed by atoms with Crippen LogP contribution in [0.5, 0.6) is 0 Å². The Morgan fingerprint density at radius 3 is 0.877 bits per heavy atom. The summed E-state index contributed by atoms with van der Waals surface area (Å²) in [6.45, 7) is 2.68. The van der Waals surface area contributed by atoms with Gasteiger partial charge in [-0.05, 0) is 51.8 Å². The molecule has 0 saturated carbocycles. The van der Waals surface area contributed by atoms with Gasteiger partial charge in [0.2, 0.25) is 0 Å². The van der Waals surface area contributed by atoms with Crippen molar-refractivity contribution in [2.45, 2.75) is 120 Å². The van der Waals surface area contributed by atoms with Crippen LogP contribution in [-0.4, -0.2) is 74.9 Å². The Bertz CT molecular complexity index is 2560. The van der Waals surface area contributed by atoms with Crippen LogP contribution < -0.4 is 0 Å². The van der Waals surface area contributed by atoms with Gasteiger partial charge in [-0.2, -0.15) is 0 Å². The molecule has 2 heterocycles. The fourth-order valence-electron chi connectivity index (χ4n) is 9.61. The zero-order chi connectivity index (χ0) is 49.7. The Morgan fingerprint density at radius 1 is 0.288 bits per heavy atom. The molecule has 10 nitrogen and oxygen atoms in total. The van der Waals surface area contributed by atoms with Gasteiger partial charge in [0.15, 0.2) is 6.29 Å². The van der Waals surface area contributed by atoms with Gasteiger partial charge in [-0.1, -0.05) is 212 Å². The van der Waals surface area contributed by atoms with Gasteiger partial charge in [0.1, 0.15) is 42.7 Å². The maximum absolute atomic E-state index is 7.32. The number of hydrogen-bond acceptors (Lipinski definition) is 10. The average Bonchev–Trinajstić information content (AvgIpc) is 3.45. The quantitative estimate of drug-likeness (QED) is 0.0522. The van der Waals surface area contributed by atoms with E-state index < -0.39 is 61.2 Å². The van der Waals surface area contributed by atoms with Gasteiger partial charge >= 0.3 is 0 Å². The molecule has 2 aliphatic heterocycles. The van der Waals surface area contributed by atoms with Gasteiger partial charge < -0.3 is 47.4 Å². The second-order valence-electron chi connectivity index (χ2n) is 18.6. The van der Waals surface area contributed by atoms with E-state index in [1.54, 1.807) is 7.11 Å². The van der Waals surface area contributed by atoms with E-state index >= 15 is 0 Å². The minimum atomic E-state index is -0.777. The van der Waals surface area contributed by atoms with Gasteiger partial charge in [-0.3, -0.25) is 0 Å². The molecular weight excluding hydrogens is 917 g/mol. The van der Waals surface area contributed by atoms with Crippen molar-refractivity contribution in [1.29, 1.82) is 0 Å². The molecule has 0 radical (unpaired) electrons. The second-order valence-corrected chi connectivity index (χ2v) is 18.6. The third kappa shape index (κ3) is 15.3. The first-order valence-electron chi connectivity index (χ1n) is 25.6. The van der Waals surface area contributed by atoms with Gasteiger partial charge in [0.25, 0.3) is 0 Å². The van der Waals surface area contributed by atoms with Gasteiger partial charge in [0.05, 0.1) is 65.1 Å². The number of rotatable bonds is 26.